The van der Waals surface area contributed by atoms with Crippen LogP contribution in [0.1, 0.15) is 18.6 Å². The Balaban J connectivity index is 2.22. The highest BCUT2D eigenvalue weighted by Gasteiger charge is 2.09. The largest absolute Gasteiger partial charge is 0.389 e. The van der Waals surface area contributed by atoms with Crippen LogP contribution in [0.4, 0.5) is 4.39 Å². The molecule has 1 aromatic carbocycles. The first-order chi connectivity index (χ1) is 8.06. The third-order valence-corrected chi connectivity index (χ3v) is 3.34. The van der Waals surface area contributed by atoms with Gasteiger partial charge in [-0.05, 0) is 24.6 Å². The molecule has 0 amide bonds. The van der Waals surface area contributed by atoms with Gasteiger partial charge in [-0.3, -0.25) is 4.68 Å². The van der Waals surface area contributed by atoms with Gasteiger partial charge in [0.1, 0.15) is 5.82 Å². The highest BCUT2D eigenvalue weighted by Crippen LogP contribution is 2.30. The van der Waals surface area contributed by atoms with Crippen LogP contribution in [-0.2, 0) is 7.05 Å². The maximum absolute atomic E-state index is 13.7. The summed E-state index contributed by atoms with van der Waals surface area (Å²) in [6, 6.07) is 4.77. The van der Waals surface area contributed by atoms with Crippen LogP contribution in [0.25, 0.3) is 0 Å². The van der Waals surface area contributed by atoms with Crippen molar-refractivity contribution in [2.75, 3.05) is 0 Å². The van der Waals surface area contributed by atoms with Gasteiger partial charge in [0.2, 0.25) is 0 Å². The summed E-state index contributed by atoms with van der Waals surface area (Å²) in [7, 11) is 1.82. The van der Waals surface area contributed by atoms with Crippen LogP contribution in [-0.4, -0.2) is 14.9 Å². The van der Waals surface area contributed by atoms with E-state index in [1.807, 2.05) is 13.2 Å². The molecule has 1 heterocycles. The molecule has 0 spiro atoms. The molecule has 2 aromatic rings. The second kappa shape index (κ2) is 4.89. The average Bonchev–Trinajstić information content (AvgIpc) is 2.67. The van der Waals surface area contributed by atoms with E-state index >= 15 is 0 Å². The van der Waals surface area contributed by atoms with Crippen molar-refractivity contribution in [2.45, 2.75) is 22.8 Å². The number of rotatable bonds is 3. The van der Waals surface area contributed by atoms with Gasteiger partial charge in [0, 0.05) is 18.1 Å². The van der Waals surface area contributed by atoms with E-state index in [9.17, 15) is 9.50 Å². The molecule has 3 nitrogen and oxygen atoms in total. The monoisotopic (exact) mass is 252 g/mol. The van der Waals surface area contributed by atoms with E-state index < -0.39 is 6.10 Å². The lowest BCUT2D eigenvalue weighted by Gasteiger charge is -2.07. The molecular formula is C12H13FN2OS. The highest BCUT2D eigenvalue weighted by molar-refractivity contribution is 7.99. The molecule has 2 rings (SSSR count). The van der Waals surface area contributed by atoms with Gasteiger partial charge in [0.15, 0.2) is 0 Å². The summed E-state index contributed by atoms with van der Waals surface area (Å²) in [6.07, 6.45) is 2.86. The van der Waals surface area contributed by atoms with Crippen LogP contribution in [0.3, 0.4) is 0 Å². The molecule has 17 heavy (non-hydrogen) atoms. The quantitative estimate of drug-likeness (QED) is 0.912. The number of aryl methyl sites for hydroxylation is 1. The number of hydrogen-bond donors (Lipinski definition) is 1. The van der Waals surface area contributed by atoms with E-state index in [1.54, 1.807) is 29.9 Å². The van der Waals surface area contributed by atoms with E-state index in [0.717, 1.165) is 4.90 Å². The fraction of sp³-hybridized carbons (Fsp3) is 0.250. The molecule has 0 saturated carbocycles. The third-order valence-electron chi connectivity index (χ3n) is 2.35. The van der Waals surface area contributed by atoms with Crippen LogP contribution < -0.4 is 0 Å². The summed E-state index contributed by atoms with van der Waals surface area (Å²) in [6.45, 7) is 1.61. The van der Waals surface area contributed by atoms with Crippen molar-refractivity contribution in [3.63, 3.8) is 0 Å². The molecule has 5 heteroatoms. The van der Waals surface area contributed by atoms with Gasteiger partial charge in [-0.2, -0.15) is 5.10 Å². The molecule has 0 aliphatic rings. The topological polar surface area (TPSA) is 38.1 Å². The first kappa shape index (κ1) is 12.1. The van der Waals surface area contributed by atoms with Crippen molar-refractivity contribution in [3.8, 4) is 0 Å². The minimum atomic E-state index is -0.651. The molecule has 90 valence electrons. The molecule has 1 unspecified atom stereocenters. The standard InChI is InChI=1S/C12H13FN2OS/c1-8(16)9-3-4-12(11(13)5-9)17-10-6-14-15(2)7-10/h3-8,16H,1-2H3. The Kier molecular flexibility index (Phi) is 3.49. The lowest BCUT2D eigenvalue weighted by Crippen LogP contribution is -1.92. The summed E-state index contributed by atoms with van der Waals surface area (Å²) in [5.41, 5.74) is 0.582. The number of halogens is 1. The van der Waals surface area contributed by atoms with Gasteiger partial charge in [0.05, 0.1) is 17.2 Å². The smallest absolute Gasteiger partial charge is 0.137 e. The predicted octanol–water partition coefficient (Wildman–Crippen LogP) is 2.76. The SMILES string of the molecule is CC(O)c1ccc(Sc2cnn(C)c2)c(F)c1. The molecule has 0 saturated heterocycles. The Hall–Kier alpha value is -1.33. The fourth-order valence-electron chi connectivity index (χ4n) is 1.44. The summed E-state index contributed by atoms with van der Waals surface area (Å²) in [5.74, 6) is -0.322. The lowest BCUT2D eigenvalue weighted by molar-refractivity contribution is 0.198. The van der Waals surface area contributed by atoms with Crippen molar-refractivity contribution in [1.82, 2.24) is 9.78 Å². The molecule has 1 aromatic heterocycles. The molecule has 1 N–H and O–H groups in total. The average molecular weight is 252 g/mol. The van der Waals surface area contributed by atoms with E-state index in [0.29, 0.717) is 10.5 Å². The van der Waals surface area contributed by atoms with Crippen molar-refractivity contribution in [1.29, 1.82) is 0 Å². The van der Waals surface area contributed by atoms with Crippen LogP contribution in [0.5, 0.6) is 0 Å². The van der Waals surface area contributed by atoms with Crippen molar-refractivity contribution in [2.24, 2.45) is 7.05 Å². The zero-order valence-electron chi connectivity index (χ0n) is 9.59. The first-order valence-corrected chi connectivity index (χ1v) is 6.02. The normalized spacial score (nSPS) is 12.7. The van der Waals surface area contributed by atoms with Crippen LogP contribution in [0.15, 0.2) is 40.4 Å². The van der Waals surface area contributed by atoms with E-state index in [1.165, 1.54) is 17.8 Å². The number of benzene rings is 1. The molecule has 0 aliphatic carbocycles. The summed E-state index contributed by atoms with van der Waals surface area (Å²) >= 11 is 1.32. The van der Waals surface area contributed by atoms with Gasteiger partial charge < -0.3 is 5.11 Å². The Morgan fingerprint density at radius 3 is 2.76 bits per heavy atom. The number of nitrogens with zero attached hydrogens (tertiary/aromatic N) is 2. The Bertz CT molecular complexity index is 525. The minimum absolute atomic E-state index is 0.322. The summed E-state index contributed by atoms with van der Waals surface area (Å²) in [4.78, 5) is 1.42. The summed E-state index contributed by atoms with van der Waals surface area (Å²) in [5, 5.41) is 13.4. The molecule has 0 bridgehead atoms. The number of aliphatic hydroxyl groups excluding tert-OH is 1. The number of aliphatic hydroxyl groups is 1. The second-order valence-electron chi connectivity index (χ2n) is 3.82. The Morgan fingerprint density at radius 2 is 2.24 bits per heavy atom. The van der Waals surface area contributed by atoms with E-state index in [4.69, 9.17) is 0 Å². The zero-order valence-corrected chi connectivity index (χ0v) is 10.4. The minimum Gasteiger partial charge on any atom is -0.389 e. The van der Waals surface area contributed by atoms with Crippen molar-refractivity contribution < 1.29 is 9.50 Å². The third kappa shape index (κ3) is 2.87. The fourth-order valence-corrected chi connectivity index (χ4v) is 2.29. The molecule has 1 atom stereocenters. The van der Waals surface area contributed by atoms with Crippen LogP contribution in [0, 0.1) is 5.82 Å². The second-order valence-corrected chi connectivity index (χ2v) is 4.93. The lowest BCUT2D eigenvalue weighted by atomic mass is 10.1. The zero-order chi connectivity index (χ0) is 12.4. The Labute approximate surface area is 103 Å². The molecule has 0 aliphatic heterocycles. The maximum atomic E-state index is 13.7. The number of aromatic nitrogens is 2. The molecule has 0 fully saturated rings. The van der Waals surface area contributed by atoms with Crippen molar-refractivity contribution >= 4 is 11.8 Å². The number of hydrogen-bond acceptors (Lipinski definition) is 3. The van der Waals surface area contributed by atoms with Crippen LogP contribution in [0.2, 0.25) is 0 Å². The van der Waals surface area contributed by atoms with Gasteiger partial charge >= 0.3 is 0 Å². The highest BCUT2D eigenvalue weighted by atomic mass is 32.2. The first-order valence-electron chi connectivity index (χ1n) is 5.20. The van der Waals surface area contributed by atoms with E-state index in [2.05, 4.69) is 5.10 Å². The van der Waals surface area contributed by atoms with Gasteiger partial charge in [0.25, 0.3) is 0 Å². The summed E-state index contributed by atoms with van der Waals surface area (Å²) < 4.78 is 15.4. The predicted molar refractivity (Wildman–Crippen MR) is 64.4 cm³/mol. The van der Waals surface area contributed by atoms with Crippen molar-refractivity contribution in [3.05, 3.63) is 42.0 Å². The van der Waals surface area contributed by atoms with Crippen LogP contribution >= 0.6 is 11.8 Å². The van der Waals surface area contributed by atoms with Gasteiger partial charge in [-0.25, -0.2) is 4.39 Å². The molecular weight excluding hydrogens is 239 g/mol. The van der Waals surface area contributed by atoms with Gasteiger partial charge in [-0.15, -0.1) is 0 Å². The van der Waals surface area contributed by atoms with E-state index in [-0.39, 0.29) is 5.82 Å². The van der Waals surface area contributed by atoms with Gasteiger partial charge in [-0.1, -0.05) is 17.8 Å². The molecule has 0 radical (unpaired) electrons. The maximum Gasteiger partial charge on any atom is 0.137 e. The Morgan fingerprint density at radius 1 is 1.47 bits per heavy atom.